The van der Waals surface area contributed by atoms with Gasteiger partial charge in [0.1, 0.15) is 17.2 Å². The molecule has 1 heterocycles. The van der Waals surface area contributed by atoms with E-state index >= 15 is 0 Å². The number of ether oxygens (including phenoxy) is 3. The Morgan fingerprint density at radius 2 is 1.67 bits per heavy atom. The van der Waals surface area contributed by atoms with E-state index in [4.69, 9.17) is 14.2 Å². The van der Waals surface area contributed by atoms with Gasteiger partial charge in [-0.05, 0) is 43.0 Å². The Labute approximate surface area is 193 Å². The molecule has 1 fully saturated rings. The van der Waals surface area contributed by atoms with E-state index in [1.54, 1.807) is 23.1 Å². The standard InChI is InChI=1S/C24H29N3O6/c1-31-19-8-9-20(21(14-19)32-2)26-24(30)23(29)25-15-17-10-12-27(13-11-17)22(28)16-33-18-6-4-3-5-7-18/h3-9,14,17H,10-13,15-16H2,1-2H3,(H,25,29)(H,26,30). The minimum absolute atomic E-state index is 0.000407. The van der Waals surface area contributed by atoms with E-state index in [9.17, 15) is 14.4 Å². The molecule has 9 nitrogen and oxygen atoms in total. The van der Waals surface area contributed by atoms with E-state index in [0.717, 1.165) is 12.8 Å². The van der Waals surface area contributed by atoms with Gasteiger partial charge in [0.05, 0.1) is 19.9 Å². The number of amides is 3. The number of carbonyl (C=O) groups is 3. The molecule has 1 aliphatic heterocycles. The van der Waals surface area contributed by atoms with Crippen molar-refractivity contribution in [1.29, 1.82) is 0 Å². The zero-order chi connectivity index (χ0) is 23.6. The summed E-state index contributed by atoms with van der Waals surface area (Å²) < 4.78 is 15.9. The molecule has 1 aliphatic rings. The predicted octanol–water partition coefficient (Wildman–Crippen LogP) is 2.08. The first-order chi connectivity index (χ1) is 16.0. The highest BCUT2D eigenvalue weighted by atomic mass is 16.5. The first-order valence-corrected chi connectivity index (χ1v) is 10.8. The summed E-state index contributed by atoms with van der Waals surface area (Å²) in [7, 11) is 2.99. The van der Waals surface area contributed by atoms with E-state index in [2.05, 4.69) is 10.6 Å². The summed E-state index contributed by atoms with van der Waals surface area (Å²) >= 11 is 0. The van der Waals surface area contributed by atoms with Crippen molar-refractivity contribution in [3.8, 4) is 17.2 Å². The van der Waals surface area contributed by atoms with Crippen LogP contribution in [-0.4, -0.2) is 63.1 Å². The number of nitrogens with one attached hydrogen (secondary N) is 2. The van der Waals surface area contributed by atoms with Crippen LogP contribution in [0, 0.1) is 5.92 Å². The average Bonchev–Trinajstić information content (AvgIpc) is 2.86. The summed E-state index contributed by atoms with van der Waals surface area (Å²) in [6.45, 7) is 1.55. The number of methoxy groups -OCH3 is 2. The van der Waals surface area contributed by atoms with Gasteiger partial charge in [0.25, 0.3) is 5.91 Å². The summed E-state index contributed by atoms with van der Waals surface area (Å²) in [5.74, 6) is 0.265. The van der Waals surface area contributed by atoms with Crippen molar-refractivity contribution in [3.05, 3.63) is 48.5 Å². The molecule has 0 bridgehead atoms. The maximum absolute atomic E-state index is 12.4. The van der Waals surface area contributed by atoms with Gasteiger partial charge in [0.15, 0.2) is 6.61 Å². The quantitative estimate of drug-likeness (QED) is 0.591. The summed E-state index contributed by atoms with van der Waals surface area (Å²) in [5.41, 5.74) is 0.378. The molecule has 2 aromatic carbocycles. The van der Waals surface area contributed by atoms with Crippen molar-refractivity contribution in [1.82, 2.24) is 10.2 Å². The highest BCUT2D eigenvalue weighted by molar-refractivity contribution is 6.39. The van der Waals surface area contributed by atoms with E-state index < -0.39 is 11.8 Å². The fraction of sp³-hybridized carbons (Fsp3) is 0.375. The number of anilines is 1. The second kappa shape index (κ2) is 11.8. The first kappa shape index (κ1) is 23.9. The highest BCUT2D eigenvalue weighted by Crippen LogP contribution is 2.29. The summed E-state index contributed by atoms with van der Waals surface area (Å²) in [6, 6.07) is 14.1. The summed E-state index contributed by atoms with van der Waals surface area (Å²) in [6.07, 6.45) is 1.48. The van der Waals surface area contributed by atoms with Crippen LogP contribution in [0.3, 0.4) is 0 Å². The van der Waals surface area contributed by atoms with Gasteiger partial charge in [0, 0.05) is 25.7 Å². The van der Waals surface area contributed by atoms with Gasteiger partial charge < -0.3 is 29.7 Å². The lowest BCUT2D eigenvalue weighted by molar-refractivity contribution is -0.136. The van der Waals surface area contributed by atoms with Crippen LogP contribution in [0.5, 0.6) is 17.2 Å². The van der Waals surface area contributed by atoms with Crippen LogP contribution in [0.4, 0.5) is 5.69 Å². The normalized spacial score (nSPS) is 13.7. The number of piperidine rings is 1. The molecule has 3 amide bonds. The highest BCUT2D eigenvalue weighted by Gasteiger charge is 2.24. The monoisotopic (exact) mass is 455 g/mol. The van der Waals surface area contributed by atoms with Crippen LogP contribution in [0.1, 0.15) is 12.8 Å². The average molecular weight is 456 g/mol. The molecule has 0 unspecified atom stereocenters. The lowest BCUT2D eigenvalue weighted by Crippen LogP contribution is -2.44. The fourth-order valence-corrected chi connectivity index (χ4v) is 3.54. The Kier molecular flexibility index (Phi) is 8.51. The molecule has 0 radical (unpaired) electrons. The van der Waals surface area contributed by atoms with Crippen LogP contribution in [0.15, 0.2) is 48.5 Å². The number of para-hydroxylation sites is 1. The van der Waals surface area contributed by atoms with Gasteiger partial charge in [-0.15, -0.1) is 0 Å². The number of likely N-dealkylation sites (tertiary alicyclic amines) is 1. The topological polar surface area (TPSA) is 106 Å². The Balaban J connectivity index is 1.39. The smallest absolute Gasteiger partial charge is 0.313 e. The Morgan fingerprint density at radius 3 is 2.33 bits per heavy atom. The van der Waals surface area contributed by atoms with Gasteiger partial charge in [0.2, 0.25) is 0 Å². The van der Waals surface area contributed by atoms with Gasteiger partial charge in [-0.2, -0.15) is 0 Å². The molecule has 176 valence electrons. The molecule has 0 atom stereocenters. The number of benzene rings is 2. The summed E-state index contributed by atoms with van der Waals surface area (Å²) in [4.78, 5) is 38.6. The van der Waals surface area contributed by atoms with E-state index in [0.29, 0.717) is 42.6 Å². The second-order valence-electron chi connectivity index (χ2n) is 7.66. The van der Waals surface area contributed by atoms with E-state index in [-0.39, 0.29) is 18.4 Å². The maximum Gasteiger partial charge on any atom is 0.313 e. The molecule has 0 aliphatic carbocycles. The number of nitrogens with zero attached hydrogens (tertiary/aromatic N) is 1. The number of hydrogen-bond donors (Lipinski definition) is 2. The molecule has 9 heteroatoms. The molecule has 2 aromatic rings. The van der Waals surface area contributed by atoms with Crippen molar-refractivity contribution in [2.45, 2.75) is 12.8 Å². The van der Waals surface area contributed by atoms with Gasteiger partial charge in [-0.3, -0.25) is 14.4 Å². The van der Waals surface area contributed by atoms with E-state index in [1.165, 1.54) is 14.2 Å². The molecule has 0 saturated carbocycles. The molecular formula is C24H29N3O6. The van der Waals surface area contributed by atoms with Crippen molar-refractivity contribution < 1.29 is 28.6 Å². The van der Waals surface area contributed by atoms with Crippen LogP contribution >= 0.6 is 0 Å². The zero-order valence-corrected chi connectivity index (χ0v) is 18.8. The van der Waals surface area contributed by atoms with Crippen molar-refractivity contribution in [3.63, 3.8) is 0 Å². The van der Waals surface area contributed by atoms with Gasteiger partial charge in [-0.1, -0.05) is 18.2 Å². The second-order valence-corrected chi connectivity index (χ2v) is 7.66. The van der Waals surface area contributed by atoms with Crippen molar-refractivity contribution in [2.24, 2.45) is 5.92 Å². The maximum atomic E-state index is 12.4. The number of carbonyl (C=O) groups excluding carboxylic acids is 3. The lowest BCUT2D eigenvalue weighted by atomic mass is 9.96. The predicted molar refractivity (Wildman–Crippen MR) is 122 cm³/mol. The molecule has 33 heavy (non-hydrogen) atoms. The molecule has 0 spiro atoms. The minimum atomic E-state index is -0.774. The molecular weight excluding hydrogens is 426 g/mol. The van der Waals surface area contributed by atoms with Gasteiger partial charge >= 0.3 is 11.8 Å². The number of hydrogen-bond acceptors (Lipinski definition) is 6. The Bertz CT molecular complexity index is 958. The molecule has 2 N–H and O–H groups in total. The van der Waals surface area contributed by atoms with Crippen LogP contribution in [0.2, 0.25) is 0 Å². The fourth-order valence-electron chi connectivity index (χ4n) is 3.54. The third-order valence-electron chi connectivity index (χ3n) is 5.49. The lowest BCUT2D eigenvalue weighted by Gasteiger charge is -2.32. The SMILES string of the molecule is COc1ccc(NC(=O)C(=O)NCC2CCN(C(=O)COc3ccccc3)CC2)c(OC)c1. The minimum Gasteiger partial charge on any atom is -0.497 e. The van der Waals surface area contributed by atoms with Crippen molar-refractivity contribution in [2.75, 3.05) is 45.8 Å². The van der Waals surface area contributed by atoms with Crippen LogP contribution < -0.4 is 24.8 Å². The Hall–Kier alpha value is -3.75. The molecule has 0 aromatic heterocycles. The van der Waals surface area contributed by atoms with Crippen LogP contribution in [-0.2, 0) is 14.4 Å². The van der Waals surface area contributed by atoms with Crippen LogP contribution in [0.25, 0.3) is 0 Å². The summed E-state index contributed by atoms with van der Waals surface area (Å²) in [5, 5.41) is 5.23. The third kappa shape index (κ3) is 6.86. The number of rotatable bonds is 8. The molecule has 3 rings (SSSR count). The van der Waals surface area contributed by atoms with E-state index in [1.807, 2.05) is 30.3 Å². The van der Waals surface area contributed by atoms with Crippen molar-refractivity contribution >= 4 is 23.4 Å². The first-order valence-electron chi connectivity index (χ1n) is 10.8. The largest absolute Gasteiger partial charge is 0.497 e. The Morgan fingerprint density at radius 1 is 0.939 bits per heavy atom. The van der Waals surface area contributed by atoms with Gasteiger partial charge in [-0.25, -0.2) is 0 Å². The zero-order valence-electron chi connectivity index (χ0n) is 18.8. The molecule has 1 saturated heterocycles. The third-order valence-corrected chi connectivity index (χ3v) is 5.49.